The molecule has 15 heteroatoms. The number of hydrogen-bond donors (Lipinski definition) is 4. The third-order valence-electron chi connectivity index (χ3n) is 5.01. The molecule has 0 spiro atoms. The predicted octanol–water partition coefficient (Wildman–Crippen LogP) is 0.386. The molecule has 5 N–H and O–H groups in total. The number of aliphatic hydroxyl groups is 1. The molecule has 0 aromatic carbocycles. The number of nitrogens with two attached hydrogens (primary N) is 1. The number of nitrogens with one attached hydrogen (secondary N) is 2. The molecule has 3 heterocycles. The van der Waals surface area contributed by atoms with Gasteiger partial charge in [-0.1, -0.05) is 5.92 Å². The van der Waals surface area contributed by atoms with Gasteiger partial charge < -0.3 is 30.2 Å². The van der Waals surface area contributed by atoms with Gasteiger partial charge in [0.1, 0.15) is 18.2 Å². The van der Waals surface area contributed by atoms with E-state index < -0.39 is 50.9 Å². The van der Waals surface area contributed by atoms with Crippen molar-refractivity contribution in [1.82, 2.24) is 24.6 Å². The van der Waals surface area contributed by atoms with Gasteiger partial charge in [0.05, 0.1) is 19.0 Å². The van der Waals surface area contributed by atoms with Crippen molar-refractivity contribution in [3.8, 4) is 12.3 Å². The first-order valence-corrected chi connectivity index (χ1v) is 11.6. The van der Waals surface area contributed by atoms with Gasteiger partial charge in [-0.3, -0.25) is 13.9 Å². The summed E-state index contributed by atoms with van der Waals surface area (Å²) in [6, 6.07) is -0.911. The third kappa shape index (κ3) is 4.98. The van der Waals surface area contributed by atoms with Crippen molar-refractivity contribution in [2.45, 2.75) is 57.0 Å². The average Bonchev–Trinajstić information content (AvgIpc) is 3.30. The minimum atomic E-state index is -2.97. The van der Waals surface area contributed by atoms with Gasteiger partial charge in [-0.2, -0.15) is 9.97 Å². The Morgan fingerprint density at radius 3 is 2.82 bits per heavy atom. The number of nitrogens with zero attached hydrogens (tertiary/aromatic N) is 4. The number of esters is 1. The highest BCUT2D eigenvalue weighted by atomic mass is 31.1. The second kappa shape index (κ2) is 10.2. The summed E-state index contributed by atoms with van der Waals surface area (Å²) in [6.07, 6.45) is 1.64. The van der Waals surface area contributed by atoms with Crippen molar-refractivity contribution >= 4 is 37.1 Å². The smallest absolute Gasteiger partial charge is 0.323 e. The first kappa shape index (κ1) is 25.8. The zero-order chi connectivity index (χ0) is 25.2. The van der Waals surface area contributed by atoms with Crippen LogP contribution in [0.25, 0.3) is 11.2 Å². The van der Waals surface area contributed by atoms with E-state index in [0.717, 1.165) is 0 Å². The molecule has 34 heavy (non-hydrogen) atoms. The molecule has 0 saturated carbocycles. The number of aromatic nitrogens is 4. The Morgan fingerprint density at radius 1 is 1.50 bits per heavy atom. The van der Waals surface area contributed by atoms with E-state index in [1.807, 2.05) is 5.92 Å². The highest BCUT2D eigenvalue weighted by Crippen LogP contribution is 2.43. The Kier molecular flexibility index (Phi) is 7.74. The molecular formula is C19H27FN7O6P. The van der Waals surface area contributed by atoms with Crippen LogP contribution in [0.3, 0.4) is 0 Å². The molecule has 1 aliphatic heterocycles. The summed E-state index contributed by atoms with van der Waals surface area (Å²) in [6.45, 7) is 4.33. The third-order valence-corrected chi connectivity index (χ3v) is 6.11. The van der Waals surface area contributed by atoms with Crippen molar-refractivity contribution in [2.75, 3.05) is 24.7 Å². The van der Waals surface area contributed by atoms with Crippen molar-refractivity contribution in [3.05, 3.63) is 6.33 Å². The fourth-order valence-corrected chi connectivity index (χ4v) is 4.23. The van der Waals surface area contributed by atoms with Gasteiger partial charge in [0, 0.05) is 7.05 Å². The van der Waals surface area contributed by atoms with Crippen LogP contribution in [0, 0.1) is 12.3 Å². The van der Waals surface area contributed by atoms with E-state index in [-0.39, 0.29) is 23.2 Å². The maximum atomic E-state index is 15.7. The fourth-order valence-electron chi connectivity index (χ4n) is 3.36. The molecule has 1 saturated heterocycles. The number of nitrogen functional groups attached to an aromatic ring is 1. The van der Waals surface area contributed by atoms with Crippen LogP contribution < -0.4 is 16.1 Å². The highest BCUT2D eigenvalue weighted by molar-refractivity contribution is 7.36. The molecule has 3 rings (SSSR count). The number of alkyl halides is 1. The van der Waals surface area contributed by atoms with Crippen LogP contribution in [0.1, 0.15) is 27.0 Å². The maximum absolute atomic E-state index is 15.7. The minimum Gasteiger partial charge on any atom is -0.462 e. The molecule has 1 aliphatic rings. The zero-order valence-electron chi connectivity index (χ0n) is 19.0. The normalized spacial score (nSPS) is 26.4. The Balaban J connectivity index is 1.75. The van der Waals surface area contributed by atoms with Crippen molar-refractivity contribution < 1.29 is 32.9 Å². The predicted molar refractivity (Wildman–Crippen MR) is 121 cm³/mol. The number of imidazole rings is 1. The van der Waals surface area contributed by atoms with Crippen LogP contribution in [0.5, 0.6) is 0 Å². The van der Waals surface area contributed by atoms with Crippen molar-refractivity contribution in [1.29, 1.82) is 0 Å². The number of carbonyl (C=O) groups is 1. The van der Waals surface area contributed by atoms with Crippen LogP contribution >= 0.6 is 8.18 Å². The van der Waals surface area contributed by atoms with Gasteiger partial charge in [0.25, 0.3) is 8.18 Å². The van der Waals surface area contributed by atoms with Crippen LogP contribution in [-0.4, -0.2) is 74.3 Å². The molecule has 186 valence electrons. The van der Waals surface area contributed by atoms with Gasteiger partial charge in [0.15, 0.2) is 23.2 Å². The molecular weight excluding hydrogens is 472 g/mol. The molecule has 0 amide bonds. The molecule has 0 aliphatic carbocycles. The molecule has 1 fully saturated rings. The number of carbonyl (C=O) groups excluding carboxylic acids is 1. The monoisotopic (exact) mass is 499 g/mol. The van der Waals surface area contributed by atoms with Crippen LogP contribution in [0.15, 0.2) is 6.33 Å². The maximum Gasteiger partial charge on any atom is 0.323 e. The molecule has 13 nitrogen and oxygen atoms in total. The summed E-state index contributed by atoms with van der Waals surface area (Å²) in [5, 5.41) is 15.9. The zero-order valence-corrected chi connectivity index (χ0v) is 20.0. The van der Waals surface area contributed by atoms with E-state index in [9.17, 15) is 14.5 Å². The summed E-state index contributed by atoms with van der Waals surface area (Å²) < 4.78 is 45.1. The molecule has 2 unspecified atom stereocenters. The SMILES string of the molecule is C#C[C@@]1(F)[C@H](O)C(CO[PH](=O)N[C@@H](C)C(=O)OC(C)C)O[C@H]1n1cnc2c(NC)nc(N)nc21. The van der Waals surface area contributed by atoms with E-state index in [4.69, 9.17) is 26.2 Å². The Bertz CT molecular complexity index is 1120. The Labute approximate surface area is 195 Å². The molecule has 2 aromatic heterocycles. The first-order chi connectivity index (χ1) is 16.0. The molecule has 0 bridgehead atoms. The summed E-state index contributed by atoms with van der Waals surface area (Å²) in [5.41, 5.74) is 3.44. The largest absolute Gasteiger partial charge is 0.462 e. The second-order valence-electron chi connectivity index (χ2n) is 7.84. The first-order valence-electron chi connectivity index (χ1n) is 10.3. The van der Waals surface area contributed by atoms with Crippen molar-refractivity contribution in [3.63, 3.8) is 0 Å². The summed E-state index contributed by atoms with van der Waals surface area (Å²) in [5.74, 6) is 1.53. The summed E-state index contributed by atoms with van der Waals surface area (Å²) >= 11 is 0. The van der Waals surface area contributed by atoms with Gasteiger partial charge in [-0.15, -0.1) is 6.42 Å². The number of ether oxygens (including phenoxy) is 2. The molecule has 0 radical (unpaired) electrons. The van der Waals surface area contributed by atoms with Crippen LogP contribution in [0.4, 0.5) is 16.2 Å². The molecule has 2 aromatic rings. The van der Waals surface area contributed by atoms with E-state index in [1.165, 1.54) is 17.8 Å². The van der Waals surface area contributed by atoms with Crippen molar-refractivity contribution in [2.24, 2.45) is 0 Å². The van der Waals surface area contributed by atoms with E-state index in [0.29, 0.717) is 5.82 Å². The Morgan fingerprint density at radius 2 is 2.21 bits per heavy atom. The van der Waals surface area contributed by atoms with E-state index >= 15 is 4.39 Å². The number of terminal acetylenes is 1. The van der Waals surface area contributed by atoms with E-state index in [2.05, 4.69) is 25.4 Å². The lowest BCUT2D eigenvalue weighted by Crippen LogP contribution is -2.42. The Hall–Kier alpha value is -2.82. The van der Waals surface area contributed by atoms with Crippen LogP contribution in [0.2, 0.25) is 0 Å². The number of rotatable bonds is 9. The average molecular weight is 499 g/mol. The van der Waals surface area contributed by atoms with Gasteiger partial charge >= 0.3 is 5.97 Å². The highest BCUT2D eigenvalue weighted by Gasteiger charge is 2.58. The molecule has 6 atom stereocenters. The minimum absolute atomic E-state index is 0.100. The lowest BCUT2D eigenvalue weighted by molar-refractivity contribution is -0.149. The van der Waals surface area contributed by atoms with Crippen LogP contribution in [-0.2, 0) is 23.4 Å². The number of halogens is 1. The fraction of sp³-hybridized carbons (Fsp3) is 0.579. The standard InChI is InChI=1S/C19H27FN7O6P/c1-6-19(20)13(28)11(7-31-34(30)26-10(4)16(29)32-9(2)3)33-17(19)27-8-23-12-14(22-5)24-18(21)25-15(12)27/h1,8-11,13,17,28,34H,7H2,2-5H3,(H,26,30)(H3,21,22,24,25)/t10-,11?,13+,17+,19+/m0/s1. The number of fused-ring (bicyclic) bond motifs is 1. The van der Waals surface area contributed by atoms with E-state index in [1.54, 1.807) is 20.9 Å². The number of hydrogen-bond acceptors (Lipinski definition) is 11. The summed E-state index contributed by atoms with van der Waals surface area (Å²) in [7, 11) is -1.37. The lowest BCUT2D eigenvalue weighted by Gasteiger charge is -2.23. The van der Waals surface area contributed by atoms with Gasteiger partial charge in [-0.25, -0.2) is 14.5 Å². The topological polar surface area (TPSA) is 176 Å². The number of aliphatic hydroxyl groups excluding tert-OH is 1. The lowest BCUT2D eigenvalue weighted by atomic mass is 9.97. The van der Waals surface area contributed by atoms with Gasteiger partial charge in [-0.05, 0) is 20.8 Å². The second-order valence-corrected chi connectivity index (χ2v) is 8.99. The summed E-state index contributed by atoms with van der Waals surface area (Å²) in [4.78, 5) is 24.1. The van der Waals surface area contributed by atoms with Gasteiger partial charge in [0.2, 0.25) is 11.6 Å². The number of anilines is 2. The quantitative estimate of drug-likeness (QED) is 0.212.